The second-order valence-corrected chi connectivity index (χ2v) is 7.00. The van der Waals surface area contributed by atoms with Crippen molar-refractivity contribution in [1.82, 2.24) is 4.90 Å². The van der Waals surface area contributed by atoms with Crippen molar-refractivity contribution >= 4 is 24.1 Å². The molecule has 6 heteroatoms. The summed E-state index contributed by atoms with van der Waals surface area (Å²) in [5.41, 5.74) is 6.79. The number of likely N-dealkylation sites (tertiary alicyclic amines) is 1. The van der Waals surface area contributed by atoms with Gasteiger partial charge in [-0.3, -0.25) is 9.59 Å². The Kier molecular flexibility index (Phi) is 6.85. The van der Waals surface area contributed by atoms with Crippen LogP contribution in [0, 0.1) is 11.8 Å². The fourth-order valence-corrected chi connectivity index (χ4v) is 3.87. The molecule has 1 aliphatic heterocycles. The Bertz CT molecular complexity index is 605. The summed E-state index contributed by atoms with van der Waals surface area (Å²) in [6.45, 7) is 3.76. The molecule has 0 bridgehead atoms. The molecule has 3 unspecified atom stereocenters. The number of hydrogen-bond donors (Lipinski definition) is 1. The number of amides is 1. The number of nitrogens with two attached hydrogens (primary N) is 1. The molecule has 3 rings (SSSR count). The Balaban J connectivity index is 0.00000225. The van der Waals surface area contributed by atoms with Crippen LogP contribution in [0.1, 0.15) is 43.0 Å². The zero-order chi connectivity index (χ0) is 17.1. The van der Waals surface area contributed by atoms with Gasteiger partial charge in [-0.05, 0) is 62.3 Å². The van der Waals surface area contributed by atoms with Crippen molar-refractivity contribution in [2.24, 2.45) is 17.6 Å². The van der Waals surface area contributed by atoms with E-state index in [2.05, 4.69) is 0 Å². The topological polar surface area (TPSA) is 72.6 Å². The largest absolute Gasteiger partial charge is 0.494 e. The lowest BCUT2D eigenvalue weighted by Gasteiger charge is -2.18. The van der Waals surface area contributed by atoms with E-state index < -0.39 is 0 Å². The molecule has 2 aliphatic rings. The Labute approximate surface area is 155 Å². The van der Waals surface area contributed by atoms with Gasteiger partial charge < -0.3 is 15.4 Å². The van der Waals surface area contributed by atoms with Gasteiger partial charge in [0, 0.05) is 31.1 Å². The summed E-state index contributed by atoms with van der Waals surface area (Å²) in [5.74, 6) is 2.11. The molecule has 1 heterocycles. The van der Waals surface area contributed by atoms with E-state index >= 15 is 0 Å². The number of carbonyl (C=O) groups is 2. The lowest BCUT2D eigenvalue weighted by Crippen LogP contribution is -2.33. The molecule has 1 aliphatic carbocycles. The van der Waals surface area contributed by atoms with Crippen LogP contribution in [0.2, 0.25) is 0 Å². The summed E-state index contributed by atoms with van der Waals surface area (Å²) >= 11 is 0. The second kappa shape index (κ2) is 8.68. The van der Waals surface area contributed by atoms with Crippen molar-refractivity contribution in [3.63, 3.8) is 0 Å². The van der Waals surface area contributed by atoms with E-state index in [4.69, 9.17) is 10.5 Å². The van der Waals surface area contributed by atoms with Crippen LogP contribution >= 0.6 is 12.4 Å². The third kappa shape index (κ3) is 4.73. The van der Waals surface area contributed by atoms with Crippen LogP contribution in [-0.4, -0.2) is 42.3 Å². The van der Waals surface area contributed by atoms with Gasteiger partial charge >= 0.3 is 0 Å². The van der Waals surface area contributed by atoms with Crippen LogP contribution in [0.5, 0.6) is 5.75 Å². The van der Waals surface area contributed by atoms with E-state index in [0.717, 1.165) is 31.7 Å². The van der Waals surface area contributed by atoms with Crippen molar-refractivity contribution in [1.29, 1.82) is 0 Å². The Morgan fingerprint density at radius 1 is 1.20 bits per heavy atom. The molecule has 0 aromatic heterocycles. The molecule has 2 fully saturated rings. The van der Waals surface area contributed by atoms with Crippen molar-refractivity contribution in [3.8, 4) is 5.75 Å². The van der Waals surface area contributed by atoms with Crippen LogP contribution in [-0.2, 0) is 4.79 Å². The summed E-state index contributed by atoms with van der Waals surface area (Å²) in [6.07, 6.45) is 3.48. The zero-order valence-corrected chi connectivity index (χ0v) is 15.5. The average molecular weight is 367 g/mol. The maximum atomic E-state index is 12.3. The number of ether oxygens (including phenoxy) is 1. The second-order valence-electron chi connectivity index (χ2n) is 7.00. The van der Waals surface area contributed by atoms with Gasteiger partial charge in [0.25, 0.3) is 0 Å². The lowest BCUT2D eigenvalue weighted by atomic mass is 9.98. The number of carbonyl (C=O) groups excluding carboxylic acids is 2. The van der Waals surface area contributed by atoms with E-state index in [1.807, 2.05) is 4.90 Å². The maximum absolute atomic E-state index is 12.3. The van der Waals surface area contributed by atoms with Crippen LogP contribution in [0.4, 0.5) is 0 Å². The van der Waals surface area contributed by atoms with Gasteiger partial charge in [0.15, 0.2) is 5.78 Å². The predicted octanol–water partition coefficient (Wildman–Crippen LogP) is 2.67. The van der Waals surface area contributed by atoms with Crippen LogP contribution < -0.4 is 10.5 Å². The fraction of sp³-hybridized carbons (Fsp3) is 0.579. The highest BCUT2D eigenvalue weighted by atomic mass is 35.5. The van der Waals surface area contributed by atoms with Gasteiger partial charge in [-0.15, -0.1) is 12.4 Å². The Morgan fingerprint density at radius 3 is 2.56 bits per heavy atom. The predicted molar refractivity (Wildman–Crippen MR) is 99.2 cm³/mol. The zero-order valence-electron chi connectivity index (χ0n) is 14.6. The molecule has 1 saturated carbocycles. The van der Waals surface area contributed by atoms with E-state index in [1.54, 1.807) is 31.2 Å². The van der Waals surface area contributed by atoms with E-state index in [0.29, 0.717) is 36.8 Å². The molecular weight excluding hydrogens is 340 g/mol. The first-order valence-electron chi connectivity index (χ1n) is 8.82. The number of Topliss-reactive ketones (excluding diaryl/α,β-unsaturated/α-hetero) is 1. The third-order valence-electron chi connectivity index (χ3n) is 5.33. The van der Waals surface area contributed by atoms with Gasteiger partial charge in [0.05, 0.1) is 6.61 Å². The number of hydrogen-bond acceptors (Lipinski definition) is 4. The standard InChI is InChI=1S/C19H26N2O3.ClH/c1-13(22)14-4-7-16(8-5-14)24-10-2-3-19(23)21-11-15-6-9-18(20)17(15)12-21;/h4-5,7-8,15,17-18H,2-3,6,9-12,20H2,1H3;1H. The summed E-state index contributed by atoms with van der Waals surface area (Å²) in [7, 11) is 0. The smallest absolute Gasteiger partial charge is 0.222 e. The molecule has 1 aromatic carbocycles. The first kappa shape index (κ1) is 19.7. The van der Waals surface area contributed by atoms with Gasteiger partial charge in [-0.1, -0.05) is 0 Å². The molecule has 138 valence electrons. The minimum atomic E-state index is 0. The highest BCUT2D eigenvalue weighted by Crippen LogP contribution is 2.37. The molecule has 2 N–H and O–H groups in total. The SMILES string of the molecule is CC(=O)c1ccc(OCCCC(=O)N2CC3CCC(N)C3C2)cc1.Cl. The summed E-state index contributed by atoms with van der Waals surface area (Å²) in [6, 6.07) is 7.38. The number of halogens is 1. The minimum Gasteiger partial charge on any atom is -0.494 e. The number of rotatable bonds is 6. The van der Waals surface area contributed by atoms with Gasteiger partial charge in [-0.25, -0.2) is 0 Å². The number of fused-ring (bicyclic) bond motifs is 1. The van der Waals surface area contributed by atoms with Crippen LogP contribution in [0.15, 0.2) is 24.3 Å². The summed E-state index contributed by atoms with van der Waals surface area (Å²) in [4.78, 5) is 25.5. The molecule has 1 aromatic rings. The van der Waals surface area contributed by atoms with Gasteiger partial charge in [0.1, 0.15) is 5.75 Å². The molecule has 1 saturated heterocycles. The van der Waals surface area contributed by atoms with Crippen LogP contribution in [0.25, 0.3) is 0 Å². The van der Waals surface area contributed by atoms with E-state index in [9.17, 15) is 9.59 Å². The summed E-state index contributed by atoms with van der Waals surface area (Å²) in [5, 5.41) is 0. The van der Waals surface area contributed by atoms with Crippen LogP contribution in [0.3, 0.4) is 0 Å². The lowest BCUT2D eigenvalue weighted by molar-refractivity contribution is -0.130. The number of benzene rings is 1. The number of nitrogens with zero attached hydrogens (tertiary/aromatic N) is 1. The molecule has 1 amide bonds. The normalized spacial score (nSPS) is 24.6. The highest BCUT2D eigenvalue weighted by molar-refractivity contribution is 5.94. The molecule has 3 atom stereocenters. The van der Waals surface area contributed by atoms with E-state index in [-0.39, 0.29) is 30.1 Å². The average Bonchev–Trinajstić information content (AvgIpc) is 3.14. The molecule has 25 heavy (non-hydrogen) atoms. The molecule has 5 nitrogen and oxygen atoms in total. The minimum absolute atomic E-state index is 0. The molecule has 0 radical (unpaired) electrons. The maximum Gasteiger partial charge on any atom is 0.222 e. The van der Waals surface area contributed by atoms with E-state index in [1.165, 1.54) is 0 Å². The first-order chi connectivity index (χ1) is 11.5. The summed E-state index contributed by atoms with van der Waals surface area (Å²) < 4.78 is 5.64. The Hall–Kier alpha value is -1.59. The first-order valence-corrected chi connectivity index (χ1v) is 8.82. The van der Waals surface area contributed by atoms with Gasteiger partial charge in [0.2, 0.25) is 5.91 Å². The molecular formula is C19H27ClN2O3. The van der Waals surface area contributed by atoms with Crippen molar-refractivity contribution in [2.75, 3.05) is 19.7 Å². The molecule has 0 spiro atoms. The van der Waals surface area contributed by atoms with Crippen molar-refractivity contribution < 1.29 is 14.3 Å². The fourth-order valence-electron chi connectivity index (χ4n) is 3.87. The van der Waals surface area contributed by atoms with Crippen molar-refractivity contribution in [2.45, 2.75) is 38.6 Å². The van der Waals surface area contributed by atoms with Gasteiger partial charge in [-0.2, -0.15) is 0 Å². The van der Waals surface area contributed by atoms with Crippen molar-refractivity contribution in [3.05, 3.63) is 29.8 Å². The monoisotopic (exact) mass is 366 g/mol. The number of ketones is 1. The third-order valence-corrected chi connectivity index (χ3v) is 5.33. The quantitative estimate of drug-likeness (QED) is 0.620. The highest BCUT2D eigenvalue weighted by Gasteiger charge is 2.42. The Morgan fingerprint density at radius 2 is 1.92 bits per heavy atom.